The van der Waals surface area contributed by atoms with Crippen LogP contribution in [0.2, 0.25) is 0 Å². The monoisotopic (exact) mass is 245 g/mol. The fourth-order valence-electron chi connectivity index (χ4n) is 1.23. The number of H-pyrrole nitrogens is 1. The van der Waals surface area contributed by atoms with Crippen molar-refractivity contribution in [2.75, 3.05) is 10.5 Å². The summed E-state index contributed by atoms with van der Waals surface area (Å²) in [6.45, 7) is 5.99. The standard InChI is InChI=1S/C10H19N3O2S/c1-4-5-6-16(14,15)13-10-7-9(8(2)3)11-12-10/h7-8H,4-6H2,1-3H3,(H2,11,12,13). The van der Waals surface area contributed by atoms with Gasteiger partial charge in [-0.15, -0.1) is 0 Å². The lowest BCUT2D eigenvalue weighted by atomic mass is 10.1. The summed E-state index contributed by atoms with van der Waals surface area (Å²) in [6.07, 6.45) is 1.52. The third-order valence-electron chi connectivity index (χ3n) is 2.25. The van der Waals surface area contributed by atoms with Crippen molar-refractivity contribution in [3.8, 4) is 0 Å². The second-order valence-corrected chi connectivity index (χ2v) is 5.98. The van der Waals surface area contributed by atoms with Gasteiger partial charge in [-0.3, -0.25) is 9.82 Å². The van der Waals surface area contributed by atoms with Crippen molar-refractivity contribution in [3.63, 3.8) is 0 Å². The zero-order valence-corrected chi connectivity index (χ0v) is 10.8. The molecule has 5 nitrogen and oxygen atoms in total. The van der Waals surface area contributed by atoms with Crippen LogP contribution < -0.4 is 4.72 Å². The normalized spacial score (nSPS) is 12.0. The smallest absolute Gasteiger partial charge is 0.233 e. The minimum atomic E-state index is -3.24. The number of rotatable bonds is 6. The van der Waals surface area contributed by atoms with Gasteiger partial charge in [0.15, 0.2) is 5.82 Å². The SMILES string of the molecule is CCCCS(=O)(=O)Nc1cc(C(C)C)[nH]n1. The average molecular weight is 245 g/mol. The molecule has 0 aliphatic rings. The van der Waals surface area contributed by atoms with Crippen molar-refractivity contribution in [1.29, 1.82) is 0 Å². The first-order valence-electron chi connectivity index (χ1n) is 5.50. The molecular weight excluding hydrogens is 226 g/mol. The number of aromatic nitrogens is 2. The second kappa shape index (κ2) is 5.34. The molecule has 16 heavy (non-hydrogen) atoms. The van der Waals surface area contributed by atoms with E-state index in [4.69, 9.17) is 0 Å². The summed E-state index contributed by atoms with van der Waals surface area (Å²) in [6, 6.07) is 1.73. The number of aromatic amines is 1. The molecule has 0 aliphatic heterocycles. The van der Waals surface area contributed by atoms with E-state index in [9.17, 15) is 8.42 Å². The van der Waals surface area contributed by atoms with Gasteiger partial charge in [-0.2, -0.15) is 5.10 Å². The molecule has 0 saturated heterocycles. The number of hydrogen-bond acceptors (Lipinski definition) is 3. The van der Waals surface area contributed by atoms with Crippen LogP contribution >= 0.6 is 0 Å². The Morgan fingerprint density at radius 2 is 2.19 bits per heavy atom. The molecule has 0 radical (unpaired) electrons. The topological polar surface area (TPSA) is 74.8 Å². The summed E-state index contributed by atoms with van der Waals surface area (Å²) < 4.78 is 25.6. The molecule has 0 spiro atoms. The number of hydrogen-bond donors (Lipinski definition) is 2. The van der Waals surface area contributed by atoms with E-state index in [0.717, 1.165) is 12.1 Å². The van der Waals surface area contributed by atoms with E-state index in [1.54, 1.807) is 6.07 Å². The van der Waals surface area contributed by atoms with E-state index in [0.29, 0.717) is 18.2 Å². The van der Waals surface area contributed by atoms with E-state index < -0.39 is 10.0 Å². The largest absolute Gasteiger partial charge is 0.280 e. The molecule has 0 saturated carbocycles. The molecule has 0 bridgehead atoms. The van der Waals surface area contributed by atoms with Gasteiger partial charge >= 0.3 is 0 Å². The Hall–Kier alpha value is -1.04. The molecule has 0 atom stereocenters. The first-order chi connectivity index (χ1) is 7.44. The highest BCUT2D eigenvalue weighted by Crippen LogP contribution is 2.15. The van der Waals surface area contributed by atoms with Gasteiger partial charge in [0.25, 0.3) is 0 Å². The maximum atomic E-state index is 11.6. The molecule has 0 fully saturated rings. The molecule has 1 aromatic rings. The highest BCUT2D eigenvalue weighted by Gasteiger charge is 2.12. The fourth-order valence-corrected chi connectivity index (χ4v) is 2.42. The van der Waals surface area contributed by atoms with Crippen LogP contribution in [0, 0.1) is 0 Å². The molecule has 1 heterocycles. The number of anilines is 1. The second-order valence-electron chi connectivity index (χ2n) is 4.14. The van der Waals surface area contributed by atoms with Crippen molar-refractivity contribution >= 4 is 15.8 Å². The van der Waals surface area contributed by atoms with Crippen LogP contribution in [0.5, 0.6) is 0 Å². The Labute approximate surface area is 96.7 Å². The Kier molecular flexibility index (Phi) is 4.35. The van der Waals surface area contributed by atoms with Crippen LogP contribution in [0.15, 0.2) is 6.07 Å². The lowest BCUT2D eigenvalue weighted by Crippen LogP contribution is -2.16. The van der Waals surface area contributed by atoms with E-state index in [2.05, 4.69) is 14.9 Å². The zero-order chi connectivity index (χ0) is 12.2. The van der Waals surface area contributed by atoms with Crippen LogP contribution in [0.4, 0.5) is 5.82 Å². The summed E-state index contributed by atoms with van der Waals surface area (Å²) in [7, 11) is -3.24. The van der Waals surface area contributed by atoms with Gasteiger partial charge in [0, 0.05) is 11.8 Å². The third-order valence-corrected chi connectivity index (χ3v) is 3.59. The predicted molar refractivity (Wildman–Crippen MR) is 65.0 cm³/mol. The van der Waals surface area contributed by atoms with Gasteiger partial charge in [-0.05, 0) is 12.3 Å². The van der Waals surface area contributed by atoms with E-state index >= 15 is 0 Å². The minimum absolute atomic E-state index is 0.146. The van der Waals surface area contributed by atoms with Crippen LogP contribution in [0.25, 0.3) is 0 Å². The first-order valence-corrected chi connectivity index (χ1v) is 7.15. The fraction of sp³-hybridized carbons (Fsp3) is 0.700. The van der Waals surface area contributed by atoms with Crippen molar-refractivity contribution in [2.24, 2.45) is 0 Å². The molecule has 0 aromatic carbocycles. The van der Waals surface area contributed by atoms with Crippen molar-refractivity contribution in [3.05, 3.63) is 11.8 Å². The van der Waals surface area contributed by atoms with Crippen molar-refractivity contribution in [2.45, 2.75) is 39.5 Å². The molecular formula is C10H19N3O2S. The molecule has 0 aliphatic carbocycles. The first kappa shape index (κ1) is 13.0. The summed E-state index contributed by atoms with van der Waals surface area (Å²) >= 11 is 0. The van der Waals surface area contributed by atoms with Crippen LogP contribution in [-0.4, -0.2) is 24.4 Å². The number of unbranched alkanes of at least 4 members (excludes halogenated alkanes) is 1. The molecule has 0 amide bonds. The van der Waals surface area contributed by atoms with Gasteiger partial charge in [0.1, 0.15) is 0 Å². The Morgan fingerprint density at radius 1 is 1.50 bits per heavy atom. The van der Waals surface area contributed by atoms with Crippen LogP contribution in [-0.2, 0) is 10.0 Å². The Bertz CT molecular complexity index is 423. The van der Waals surface area contributed by atoms with E-state index in [-0.39, 0.29) is 5.75 Å². The number of sulfonamides is 1. The van der Waals surface area contributed by atoms with Crippen LogP contribution in [0.3, 0.4) is 0 Å². The van der Waals surface area contributed by atoms with Gasteiger partial charge in [-0.1, -0.05) is 27.2 Å². The molecule has 1 rings (SSSR count). The van der Waals surface area contributed by atoms with Gasteiger partial charge in [0.2, 0.25) is 10.0 Å². The summed E-state index contributed by atoms with van der Waals surface area (Å²) in [4.78, 5) is 0. The van der Waals surface area contributed by atoms with E-state index in [1.165, 1.54) is 0 Å². The highest BCUT2D eigenvalue weighted by atomic mass is 32.2. The van der Waals surface area contributed by atoms with E-state index in [1.807, 2.05) is 20.8 Å². The average Bonchev–Trinajstić information content (AvgIpc) is 2.62. The minimum Gasteiger partial charge on any atom is -0.280 e. The number of nitrogens with zero attached hydrogens (tertiary/aromatic N) is 1. The molecule has 6 heteroatoms. The zero-order valence-electron chi connectivity index (χ0n) is 9.95. The summed E-state index contributed by atoms with van der Waals surface area (Å²) in [5.41, 5.74) is 0.924. The van der Waals surface area contributed by atoms with Gasteiger partial charge in [-0.25, -0.2) is 8.42 Å². The highest BCUT2D eigenvalue weighted by molar-refractivity contribution is 7.92. The quantitative estimate of drug-likeness (QED) is 0.805. The summed E-state index contributed by atoms with van der Waals surface area (Å²) in [5, 5.41) is 6.72. The van der Waals surface area contributed by atoms with Crippen molar-refractivity contribution < 1.29 is 8.42 Å². The predicted octanol–water partition coefficient (Wildman–Crippen LogP) is 2.07. The Balaban J connectivity index is 2.65. The molecule has 92 valence electrons. The molecule has 0 unspecified atom stereocenters. The Morgan fingerprint density at radius 3 is 2.69 bits per heavy atom. The van der Waals surface area contributed by atoms with Crippen molar-refractivity contribution in [1.82, 2.24) is 10.2 Å². The van der Waals surface area contributed by atoms with Crippen LogP contribution in [0.1, 0.15) is 45.2 Å². The maximum absolute atomic E-state index is 11.6. The molecule has 1 aromatic heterocycles. The lowest BCUT2D eigenvalue weighted by Gasteiger charge is -2.03. The van der Waals surface area contributed by atoms with Gasteiger partial charge in [0.05, 0.1) is 5.75 Å². The lowest BCUT2D eigenvalue weighted by molar-refractivity contribution is 0.597. The third kappa shape index (κ3) is 3.84. The molecule has 2 N–H and O–H groups in total. The van der Waals surface area contributed by atoms with Gasteiger partial charge < -0.3 is 0 Å². The summed E-state index contributed by atoms with van der Waals surface area (Å²) in [5.74, 6) is 0.828. The number of nitrogens with one attached hydrogen (secondary N) is 2. The maximum Gasteiger partial charge on any atom is 0.233 e.